The van der Waals surface area contributed by atoms with Crippen molar-refractivity contribution in [2.24, 2.45) is 7.05 Å². The number of nitrogens with zero attached hydrogens (tertiary/aromatic N) is 2. The second-order valence-electron chi connectivity index (χ2n) is 5.38. The first-order chi connectivity index (χ1) is 12.4. The van der Waals surface area contributed by atoms with E-state index in [-0.39, 0.29) is 17.0 Å². The van der Waals surface area contributed by atoms with E-state index in [1.165, 1.54) is 61.8 Å². The number of anilines is 2. The lowest BCUT2D eigenvalue weighted by Gasteiger charge is -2.13. The Bertz CT molecular complexity index is 998. The maximum atomic E-state index is 13.0. The summed E-state index contributed by atoms with van der Waals surface area (Å²) in [5, 5.41) is 15.8. The van der Waals surface area contributed by atoms with Crippen molar-refractivity contribution >= 4 is 17.3 Å². The highest BCUT2D eigenvalue weighted by Gasteiger charge is 2.13. The third-order valence-electron chi connectivity index (χ3n) is 3.55. The number of benzene rings is 2. The van der Waals surface area contributed by atoms with E-state index < -0.39 is 17.3 Å². The zero-order valence-electron chi connectivity index (χ0n) is 13.6. The highest BCUT2D eigenvalue weighted by Crippen LogP contribution is 2.28. The molecule has 0 radical (unpaired) electrons. The first kappa shape index (κ1) is 17.2. The van der Waals surface area contributed by atoms with Crippen molar-refractivity contribution in [2.75, 3.05) is 5.32 Å². The van der Waals surface area contributed by atoms with Crippen LogP contribution < -0.4 is 15.6 Å². The van der Waals surface area contributed by atoms with Gasteiger partial charge in [-0.15, -0.1) is 0 Å². The zero-order valence-corrected chi connectivity index (χ0v) is 13.6. The molecule has 0 aliphatic carbocycles. The minimum absolute atomic E-state index is 0.120. The van der Waals surface area contributed by atoms with Crippen LogP contribution in [0.1, 0.15) is 10.4 Å². The first-order valence-electron chi connectivity index (χ1n) is 7.54. The molecule has 0 unspecified atom stereocenters. The second kappa shape index (κ2) is 7.06. The van der Waals surface area contributed by atoms with Gasteiger partial charge in [0, 0.05) is 12.7 Å². The fourth-order valence-electron chi connectivity index (χ4n) is 2.19. The third kappa shape index (κ3) is 3.69. The van der Waals surface area contributed by atoms with Gasteiger partial charge in [0.25, 0.3) is 5.56 Å². The summed E-state index contributed by atoms with van der Waals surface area (Å²) in [5.41, 5.74) is 0.310. The van der Waals surface area contributed by atoms with Gasteiger partial charge in [0.15, 0.2) is 11.4 Å². The molecular weight excluding hydrogens is 341 g/mol. The molecule has 0 saturated carbocycles. The Morgan fingerprint density at radius 3 is 2.42 bits per heavy atom. The maximum absolute atomic E-state index is 13.0. The maximum Gasteiger partial charge on any atom is 0.335 e. The molecule has 3 aromatic rings. The number of nitrogens with one attached hydrogen (secondary N) is 1. The molecule has 1 heterocycles. The lowest BCUT2D eigenvalue weighted by Crippen LogP contribution is -2.22. The Hall–Kier alpha value is -3.68. The molecule has 0 aliphatic heterocycles. The summed E-state index contributed by atoms with van der Waals surface area (Å²) >= 11 is 0. The SMILES string of the molecule is Cn1ncc(Oc2ccc(F)cc2)c(Nc2ccc(C(=O)O)cc2)c1=O. The topological polar surface area (TPSA) is 93.4 Å². The summed E-state index contributed by atoms with van der Waals surface area (Å²) in [5.74, 6) is -0.958. The van der Waals surface area contributed by atoms with Crippen molar-refractivity contribution in [3.63, 3.8) is 0 Å². The van der Waals surface area contributed by atoms with Gasteiger partial charge in [0.1, 0.15) is 11.6 Å². The van der Waals surface area contributed by atoms with Gasteiger partial charge in [-0.2, -0.15) is 5.10 Å². The van der Waals surface area contributed by atoms with Gasteiger partial charge in [-0.3, -0.25) is 4.79 Å². The molecule has 0 aliphatic rings. The average molecular weight is 355 g/mol. The van der Waals surface area contributed by atoms with Crippen molar-refractivity contribution in [1.82, 2.24) is 9.78 Å². The normalized spacial score (nSPS) is 10.4. The van der Waals surface area contributed by atoms with Crippen LogP contribution in [0.25, 0.3) is 0 Å². The Kier molecular flexibility index (Phi) is 4.66. The van der Waals surface area contributed by atoms with Gasteiger partial charge >= 0.3 is 5.97 Å². The molecule has 0 atom stereocenters. The van der Waals surface area contributed by atoms with Crippen molar-refractivity contribution in [2.45, 2.75) is 0 Å². The van der Waals surface area contributed by atoms with Crippen LogP contribution >= 0.6 is 0 Å². The Labute approximate surface area is 147 Å². The fraction of sp³-hybridized carbons (Fsp3) is 0.0556. The predicted octanol–water partition coefficient (Wildman–Crippen LogP) is 3.15. The molecule has 0 saturated heterocycles. The minimum atomic E-state index is -1.04. The third-order valence-corrected chi connectivity index (χ3v) is 3.55. The molecule has 3 rings (SSSR count). The lowest BCUT2D eigenvalue weighted by molar-refractivity contribution is 0.0697. The number of aromatic nitrogens is 2. The fourth-order valence-corrected chi connectivity index (χ4v) is 2.19. The molecule has 2 N–H and O–H groups in total. The average Bonchev–Trinajstić information content (AvgIpc) is 2.63. The lowest BCUT2D eigenvalue weighted by atomic mass is 10.2. The summed E-state index contributed by atoms with van der Waals surface area (Å²) < 4.78 is 19.8. The van der Waals surface area contributed by atoms with E-state index in [1.807, 2.05) is 0 Å². The molecule has 7 nitrogen and oxygen atoms in total. The Morgan fingerprint density at radius 2 is 1.81 bits per heavy atom. The van der Waals surface area contributed by atoms with Crippen LogP contribution in [0.5, 0.6) is 11.5 Å². The molecule has 0 bridgehead atoms. The molecule has 8 heteroatoms. The standard InChI is InChI=1S/C18H14FN3O4/c1-22-17(23)16(21-13-6-2-11(3-7-13)18(24)25)15(10-20-22)26-14-8-4-12(19)5-9-14/h2-10,21H,1H3,(H,24,25). The minimum Gasteiger partial charge on any atom is -0.478 e. The summed E-state index contributed by atoms with van der Waals surface area (Å²) in [6.45, 7) is 0. The van der Waals surface area contributed by atoms with Crippen LogP contribution in [-0.2, 0) is 7.05 Å². The van der Waals surface area contributed by atoms with E-state index in [4.69, 9.17) is 9.84 Å². The number of carbonyl (C=O) groups is 1. The summed E-state index contributed by atoms with van der Waals surface area (Å²) in [6.07, 6.45) is 1.36. The van der Waals surface area contributed by atoms with Gasteiger partial charge in [-0.1, -0.05) is 0 Å². The summed E-state index contributed by atoms with van der Waals surface area (Å²) in [7, 11) is 1.49. The van der Waals surface area contributed by atoms with Gasteiger partial charge in [-0.25, -0.2) is 13.9 Å². The smallest absolute Gasteiger partial charge is 0.335 e. The van der Waals surface area contributed by atoms with Crippen molar-refractivity contribution in [1.29, 1.82) is 0 Å². The Balaban J connectivity index is 1.94. The Morgan fingerprint density at radius 1 is 1.15 bits per heavy atom. The molecule has 0 amide bonds. The number of ether oxygens (including phenoxy) is 1. The highest BCUT2D eigenvalue weighted by atomic mass is 19.1. The number of hydrogen-bond donors (Lipinski definition) is 2. The summed E-state index contributed by atoms with van der Waals surface area (Å²) in [4.78, 5) is 23.3. The number of halogens is 1. The number of aromatic carboxylic acids is 1. The van der Waals surface area contributed by atoms with E-state index in [9.17, 15) is 14.0 Å². The van der Waals surface area contributed by atoms with E-state index in [0.29, 0.717) is 11.4 Å². The van der Waals surface area contributed by atoms with Crippen molar-refractivity contribution in [3.05, 3.63) is 76.5 Å². The van der Waals surface area contributed by atoms with E-state index in [1.54, 1.807) is 0 Å². The van der Waals surface area contributed by atoms with Gasteiger partial charge < -0.3 is 15.2 Å². The molecule has 26 heavy (non-hydrogen) atoms. The molecule has 2 aromatic carbocycles. The molecule has 0 fully saturated rings. The second-order valence-corrected chi connectivity index (χ2v) is 5.38. The van der Waals surface area contributed by atoms with Crippen LogP contribution in [0.3, 0.4) is 0 Å². The highest BCUT2D eigenvalue weighted by molar-refractivity contribution is 5.88. The van der Waals surface area contributed by atoms with Gasteiger partial charge in [0.2, 0.25) is 0 Å². The number of hydrogen-bond acceptors (Lipinski definition) is 5. The predicted molar refractivity (Wildman–Crippen MR) is 92.6 cm³/mol. The quantitative estimate of drug-likeness (QED) is 0.730. The monoisotopic (exact) mass is 355 g/mol. The molecule has 0 spiro atoms. The van der Waals surface area contributed by atoms with E-state index in [2.05, 4.69) is 10.4 Å². The van der Waals surface area contributed by atoms with Crippen LogP contribution in [0.15, 0.2) is 59.5 Å². The van der Waals surface area contributed by atoms with Crippen LogP contribution in [0.4, 0.5) is 15.8 Å². The van der Waals surface area contributed by atoms with Crippen LogP contribution in [0.2, 0.25) is 0 Å². The van der Waals surface area contributed by atoms with Gasteiger partial charge in [-0.05, 0) is 48.5 Å². The number of rotatable bonds is 5. The number of carboxylic acids is 1. The van der Waals surface area contributed by atoms with E-state index in [0.717, 1.165) is 4.68 Å². The number of aryl methyl sites for hydroxylation is 1. The van der Waals surface area contributed by atoms with Crippen molar-refractivity contribution in [3.8, 4) is 11.5 Å². The van der Waals surface area contributed by atoms with Crippen LogP contribution in [-0.4, -0.2) is 20.9 Å². The van der Waals surface area contributed by atoms with Crippen molar-refractivity contribution < 1.29 is 19.0 Å². The number of carboxylic acid groups (broad SMARTS) is 1. The molecular formula is C18H14FN3O4. The largest absolute Gasteiger partial charge is 0.478 e. The zero-order chi connectivity index (χ0) is 18.7. The van der Waals surface area contributed by atoms with E-state index >= 15 is 0 Å². The first-order valence-corrected chi connectivity index (χ1v) is 7.54. The van der Waals surface area contributed by atoms with Gasteiger partial charge in [0.05, 0.1) is 11.8 Å². The van der Waals surface area contributed by atoms with Crippen LogP contribution in [0, 0.1) is 5.82 Å². The molecule has 132 valence electrons. The summed E-state index contributed by atoms with van der Waals surface area (Å²) in [6, 6.07) is 11.2. The molecule has 1 aromatic heterocycles.